The molecule has 1 saturated heterocycles. The van der Waals surface area contributed by atoms with Gasteiger partial charge in [0.1, 0.15) is 11.6 Å². The third-order valence-corrected chi connectivity index (χ3v) is 5.74. The fraction of sp³-hybridized carbons (Fsp3) is 0.409. The zero-order valence-electron chi connectivity index (χ0n) is 16.3. The summed E-state index contributed by atoms with van der Waals surface area (Å²) in [4.78, 5) is 4.68. The van der Waals surface area contributed by atoms with Gasteiger partial charge in [-0.05, 0) is 36.6 Å². The number of halogens is 2. The Hall–Kier alpha value is -1.87. The monoisotopic (exact) mass is 511 g/mol. The largest absolute Gasteiger partial charge is 0.493 e. The van der Waals surface area contributed by atoms with Gasteiger partial charge in [-0.3, -0.25) is 4.99 Å². The van der Waals surface area contributed by atoms with Gasteiger partial charge in [0, 0.05) is 30.6 Å². The number of hydrogen-bond donors (Lipinski definition) is 2. The maximum Gasteiger partial charge on any atom is 0.189 e. The van der Waals surface area contributed by atoms with Crippen LogP contribution in [0, 0.1) is 5.82 Å². The van der Waals surface area contributed by atoms with Gasteiger partial charge in [0.25, 0.3) is 0 Å². The molecule has 5 nitrogen and oxygen atoms in total. The Labute approximate surface area is 187 Å². The Morgan fingerprint density at radius 3 is 2.59 bits per heavy atom. The van der Waals surface area contributed by atoms with Crippen LogP contribution in [-0.4, -0.2) is 32.3 Å². The van der Waals surface area contributed by atoms with E-state index in [1.807, 2.05) is 30.3 Å². The zero-order valence-corrected chi connectivity index (χ0v) is 18.6. The average molecular weight is 511 g/mol. The number of benzene rings is 2. The third kappa shape index (κ3) is 5.01. The van der Waals surface area contributed by atoms with E-state index in [0.29, 0.717) is 32.3 Å². The van der Waals surface area contributed by atoms with Gasteiger partial charge in [-0.25, -0.2) is 4.39 Å². The van der Waals surface area contributed by atoms with E-state index in [4.69, 9.17) is 15.2 Å². The van der Waals surface area contributed by atoms with Crippen LogP contribution in [0.4, 0.5) is 4.39 Å². The number of nitrogens with one attached hydrogen (secondary N) is 1. The summed E-state index contributed by atoms with van der Waals surface area (Å²) in [6.45, 7) is 2.55. The summed E-state index contributed by atoms with van der Waals surface area (Å²) in [6, 6.07) is 14.8. The Morgan fingerprint density at radius 2 is 1.83 bits per heavy atom. The number of rotatable bonds is 4. The van der Waals surface area contributed by atoms with Crippen LogP contribution in [0.15, 0.2) is 53.5 Å². The molecule has 2 aliphatic rings. The first-order chi connectivity index (χ1) is 13.7. The predicted molar refractivity (Wildman–Crippen MR) is 122 cm³/mol. The minimum atomic E-state index is -0.228. The molecule has 0 aromatic heterocycles. The lowest BCUT2D eigenvalue weighted by Gasteiger charge is -2.36. The second-order valence-corrected chi connectivity index (χ2v) is 7.47. The number of ether oxygens (including phenoxy) is 2. The highest BCUT2D eigenvalue weighted by molar-refractivity contribution is 14.0. The molecule has 2 heterocycles. The first kappa shape index (κ1) is 21.8. The van der Waals surface area contributed by atoms with Crippen molar-refractivity contribution in [3.8, 4) is 5.75 Å². The lowest BCUT2D eigenvalue weighted by molar-refractivity contribution is 0.0531. The Bertz CT molecular complexity index is 838. The molecular weight excluding hydrogens is 484 g/mol. The molecule has 0 bridgehead atoms. The highest BCUT2D eigenvalue weighted by Crippen LogP contribution is 2.35. The maximum absolute atomic E-state index is 13.4. The van der Waals surface area contributed by atoms with Gasteiger partial charge in [0.05, 0.1) is 19.2 Å². The molecule has 0 saturated carbocycles. The van der Waals surface area contributed by atoms with Gasteiger partial charge < -0.3 is 20.5 Å². The fourth-order valence-corrected chi connectivity index (χ4v) is 4.06. The van der Waals surface area contributed by atoms with Crippen LogP contribution in [0.25, 0.3) is 0 Å². The van der Waals surface area contributed by atoms with Crippen LogP contribution >= 0.6 is 24.0 Å². The van der Waals surface area contributed by atoms with E-state index in [2.05, 4.69) is 16.4 Å². The maximum atomic E-state index is 13.4. The van der Waals surface area contributed by atoms with E-state index in [-0.39, 0.29) is 41.3 Å². The minimum Gasteiger partial charge on any atom is -0.493 e. The minimum absolute atomic E-state index is 0. The van der Waals surface area contributed by atoms with Gasteiger partial charge in [0.15, 0.2) is 5.96 Å². The van der Waals surface area contributed by atoms with Crippen molar-refractivity contribution in [3.63, 3.8) is 0 Å². The van der Waals surface area contributed by atoms with Gasteiger partial charge in [-0.1, -0.05) is 30.3 Å². The number of para-hydroxylation sites is 1. The number of guanidine groups is 1. The van der Waals surface area contributed by atoms with E-state index < -0.39 is 0 Å². The van der Waals surface area contributed by atoms with Gasteiger partial charge in [-0.2, -0.15) is 0 Å². The van der Waals surface area contributed by atoms with Crippen LogP contribution in [-0.2, 0) is 10.2 Å². The molecule has 0 spiro atoms. The molecule has 2 aliphatic heterocycles. The summed E-state index contributed by atoms with van der Waals surface area (Å²) in [6.07, 6.45) is 2.52. The summed E-state index contributed by atoms with van der Waals surface area (Å²) in [5, 5.41) is 3.35. The zero-order chi connectivity index (χ0) is 19.4. The topological polar surface area (TPSA) is 68.9 Å². The highest BCUT2D eigenvalue weighted by atomic mass is 127. The van der Waals surface area contributed by atoms with Crippen molar-refractivity contribution in [2.45, 2.75) is 30.7 Å². The molecule has 29 heavy (non-hydrogen) atoms. The van der Waals surface area contributed by atoms with E-state index in [1.54, 1.807) is 0 Å². The normalized spacial score (nSPS) is 20.7. The van der Waals surface area contributed by atoms with Crippen LogP contribution in [0.2, 0.25) is 0 Å². The fourth-order valence-electron chi connectivity index (χ4n) is 4.06. The number of aliphatic imine (C=N–C) groups is 1. The molecule has 0 amide bonds. The Morgan fingerprint density at radius 1 is 1.10 bits per heavy atom. The van der Waals surface area contributed by atoms with Gasteiger partial charge >= 0.3 is 0 Å². The Kier molecular flexibility index (Phi) is 7.34. The number of nitrogens with zero attached hydrogens (tertiary/aromatic N) is 1. The molecule has 2 aromatic carbocycles. The molecule has 4 rings (SSSR count). The van der Waals surface area contributed by atoms with Gasteiger partial charge in [-0.15, -0.1) is 24.0 Å². The van der Waals surface area contributed by atoms with Crippen LogP contribution in [0.1, 0.15) is 36.4 Å². The molecule has 7 heteroatoms. The van der Waals surface area contributed by atoms with E-state index in [1.165, 1.54) is 12.1 Å². The third-order valence-electron chi connectivity index (χ3n) is 5.74. The SMILES string of the molecule is I.NC(=NCC1(c2ccc(F)cc2)CCOCC1)NC1CCOc2ccccc21. The summed E-state index contributed by atoms with van der Waals surface area (Å²) in [7, 11) is 0. The molecule has 1 unspecified atom stereocenters. The number of nitrogens with two attached hydrogens (primary N) is 1. The van der Waals surface area contributed by atoms with Crippen molar-refractivity contribution < 1.29 is 13.9 Å². The molecule has 1 fully saturated rings. The second-order valence-electron chi connectivity index (χ2n) is 7.47. The van der Waals surface area contributed by atoms with Crippen LogP contribution in [0.5, 0.6) is 5.75 Å². The van der Waals surface area contributed by atoms with Crippen molar-refractivity contribution in [2.75, 3.05) is 26.4 Å². The van der Waals surface area contributed by atoms with E-state index >= 15 is 0 Å². The molecule has 0 aliphatic carbocycles. The molecular formula is C22H27FIN3O2. The summed E-state index contributed by atoms with van der Waals surface area (Å²) in [5.41, 5.74) is 8.26. The molecule has 3 N–H and O–H groups in total. The van der Waals surface area contributed by atoms with Crippen molar-refractivity contribution in [2.24, 2.45) is 10.7 Å². The predicted octanol–water partition coefficient (Wildman–Crippen LogP) is 3.92. The molecule has 1 atom stereocenters. The van der Waals surface area contributed by atoms with Crippen molar-refractivity contribution >= 4 is 29.9 Å². The first-order valence-corrected chi connectivity index (χ1v) is 9.78. The Balaban J connectivity index is 0.00000240. The smallest absolute Gasteiger partial charge is 0.189 e. The van der Waals surface area contributed by atoms with Crippen LogP contribution in [0.3, 0.4) is 0 Å². The van der Waals surface area contributed by atoms with Crippen molar-refractivity contribution in [1.29, 1.82) is 0 Å². The standard InChI is InChI=1S/C22H26FN3O2.HI/c23-17-7-5-16(6-8-17)22(10-13-27-14-11-22)15-25-21(24)26-19-9-12-28-20-4-2-1-3-18(19)20;/h1-8,19H,9-15H2,(H3,24,25,26);1H. The van der Waals surface area contributed by atoms with Crippen molar-refractivity contribution in [3.05, 3.63) is 65.5 Å². The number of fused-ring (bicyclic) bond motifs is 1. The number of hydrogen-bond acceptors (Lipinski definition) is 3. The lowest BCUT2D eigenvalue weighted by atomic mass is 9.74. The summed E-state index contributed by atoms with van der Waals surface area (Å²) >= 11 is 0. The average Bonchev–Trinajstić information content (AvgIpc) is 2.74. The molecule has 156 valence electrons. The first-order valence-electron chi connectivity index (χ1n) is 9.78. The molecule has 0 radical (unpaired) electrons. The summed E-state index contributed by atoms with van der Waals surface area (Å²) in [5.74, 6) is 1.09. The van der Waals surface area contributed by atoms with Crippen LogP contribution < -0.4 is 15.8 Å². The summed E-state index contributed by atoms with van der Waals surface area (Å²) < 4.78 is 24.6. The van der Waals surface area contributed by atoms with E-state index in [9.17, 15) is 4.39 Å². The molecule has 2 aromatic rings. The van der Waals surface area contributed by atoms with Crippen molar-refractivity contribution in [1.82, 2.24) is 5.32 Å². The lowest BCUT2D eigenvalue weighted by Crippen LogP contribution is -2.41. The highest BCUT2D eigenvalue weighted by Gasteiger charge is 2.34. The quantitative estimate of drug-likeness (QED) is 0.371. The van der Waals surface area contributed by atoms with E-state index in [0.717, 1.165) is 36.1 Å². The van der Waals surface area contributed by atoms with Gasteiger partial charge in [0.2, 0.25) is 0 Å². The second kappa shape index (κ2) is 9.75.